The van der Waals surface area contributed by atoms with Crippen molar-refractivity contribution in [1.29, 1.82) is 0 Å². The minimum atomic E-state index is -0.915. The van der Waals surface area contributed by atoms with Crippen molar-refractivity contribution in [2.45, 2.75) is 19.9 Å². The minimum absolute atomic E-state index is 0.0964. The van der Waals surface area contributed by atoms with E-state index in [4.69, 9.17) is 25.8 Å². The topological polar surface area (TPSA) is 102 Å². The van der Waals surface area contributed by atoms with Gasteiger partial charge in [0.2, 0.25) is 0 Å². The number of amides is 1. The number of halogens is 1. The zero-order valence-electron chi connectivity index (χ0n) is 18.5. The maximum absolute atomic E-state index is 13.0. The van der Waals surface area contributed by atoms with Gasteiger partial charge in [0.1, 0.15) is 17.3 Å². The highest BCUT2D eigenvalue weighted by atomic mass is 35.5. The second kappa shape index (κ2) is 10.5. The Morgan fingerprint density at radius 2 is 1.94 bits per heavy atom. The number of methoxy groups -OCH3 is 1. The molecule has 0 aromatic heterocycles. The molecule has 1 N–H and O–H groups in total. The number of hydrogen-bond acceptors (Lipinski definition) is 7. The summed E-state index contributed by atoms with van der Waals surface area (Å²) in [5.41, 5.74) is 0.666. The Morgan fingerprint density at radius 3 is 2.61 bits per heavy atom. The van der Waals surface area contributed by atoms with Gasteiger partial charge in [0.25, 0.3) is 11.7 Å². The van der Waals surface area contributed by atoms with Gasteiger partial charge in [0.15, 0.2) is 0 Å². The van der Waals surface area contributed by atoms with Crippen LogP contribution < -0.4 is 9.47 Å². The molecule has 1 saturated heterocycles. The Bertz CT molecular complexity index is 1110. The number of likely N-dealkylation sites (tertiary alicyclic amines) is 1. The fourth-order valence-corrected chi connectivity index (χ4v) is 3.81. The fraction of sp³-hybridized carbons (Fsp3) is 0.292. The molecule has 0 spiro atoms. The highest BCUT2D eigenvalue weighted by Gasteiger charge is 2.46. The molecular formula is C24H24ClNO7. The smallest absolute Gasteiger partial charge is 0.308 e. The molecule has 1 amide bonds. The molecule has 0 bridgehead atoms. The van der Waals surface area contributed by atoms with Crippen LogP contribution in [0.4, 0.5) is 0 Å². The number of aliphatic hydroxyl groups excluding tert-OH is 1. The Morgan fingerprint density at radius 1 is 1.18 bits per heavy atom. The van der Waals surface area contributed by atoms with Gasteiger partial charge in [-0.3, -0.25) is 14.4 Å². The number of nitrogens with zero attached hydrogens (tertiary/aromatic N) is 1. The molecule has 8 nitrogen and oxygen atoms in total. The summed E-state index contributed by atoms with van der Waals surface area (Å²) in [6.45, 7) is 3.72. The molecule has 0 radical (unpaired) electrons. The fourth-order valence-electron chi connectivity index (χ4n) is 3.63. The molecule has 33 heavy (non-hydrogen) atoms. The van der Waals surface area contributed by atoms with E-state index < -0.39 is 23.7 Å². The molecule has 1 fully saturated rings. The van der Waals surface area contributed by atoms with Crippen LogP contribution in [0, 0.1) is 0 Å². The zero-order chi connectivity index (χ0) is 24.1. The van der Waals surface area contributed by atoms with Crippen LogP contribution >= 0.6 is 11.6 Å². The lowest BCUT2D eigenvalue weighted by Crippen LogP contribution is -2.32. The lowest BCUT2D eigenvalue weighted by atomic mass is 9.95. The van der Waals surface area contributed by atoms with E-state index in [1.807, 2.05) is 0 Å². The summed E-state index contributed by atoms with van der Waals surface area (Å²) in [5, 5.41) is 11.5. The van der Waals surface area contributed by atoms with Gasteiger partial charge in [-0.05, 0) is 42.8 Å². The van der Waals surface area contributed by atoms with Gasteiger partial charge >= 0.3 is 5.97 Å². The first kappa shape index (κ1) is 24.3. The van der Waals surface area contributed by atoms with Gasteiger partial charge < -0.3 is 24.2 Å². The Balaban J connectivity index is 2.17. The van der Waals surface area contributed by atoms with Crippen LogP contribution in [0.1, 0.15) is 31.0 Å². The number of carbonyl (C=O) groups excluding carboxylic acids is 3. The van der Waals surface area contributed by atoms with E-state index >= 15 is 0 Å². The average Bonchev–Trinajstić information content (AvgIpc) is 3.03. The van der Waals surface area contributed by atoms with E-state index in [0.717, 1.165) is 0 Å². The lowest BCUT2D eigenvalue weighted by molar-refractivity contribution is -0.140. The van der Waals surface area contributed by atoms with Gasteiger partial charge in [-0.2, -0.15) is 0 Å². The second-order valence-corrected chi connectivity index (χ2v) is 7.64. The molecule has 0 aliphatic carbocycles. The Hall–Kier alpha value is -3.36. The van der Waals surface area contributed by atoms with E-state index in [2.05, 4.69) is 0 Å². The summed E-state index contributed by atoms with van der Waals surface area (Å²) in [4.78, 5) is 38.6. The summed E-state index contributed by atoms with van der Waals surface area (Å²) in [5.74, 6) is -1.89. The van der Waals surface area contributed by atoms with E-state index in [9.17, 15) is 19.5 Å². The van der Waals surface area contributed by atoms with Crippen LogP contribution in [-0.2, 0) is 19.1 Å². The predicted molar refractivity (Wildman–Crippen MR) is 121 cm³/mol. The van der Waals surface area contributed by atoms with Crippen LogP contribution in [0.15, 0.2) is 48.0 Å². The van der Waals surface area contributed by atoms with Crippen LogP contribution in [0.5, 0.6) is 11.5 Å². The normalized spacial score (nSPS) is 17.3. The van der Waals surface area contributed by atoms with Gasteiger partial charge in [-0.1, -0.05) is 23.7 Å². The highest BCUT2D eigenvalue weighted by Crippen LogP contribution is 2.41. The molecule has 0 saturated carbocycles. The SMILES string of the molecule is CCOc1cc(/C(O)=C2/C(=O)C(=O)N(CCOC)C2c2cccc(OC(C)=O)c2)ccc1Cl. The highest BCUT2D eigenvalue weighted by molar-refractivity contribution is 6.46. The van der Waals surface area contributed by atoms with Gasteiger partial charge in [0.05, 0.1) is 29.9 Å². The van der Waals surface area contributed by atoms with Crippen LogP contribution in [0.25, 0.3) is 5.76 Å². The summed E-state index contributed by atoms with van der Waals surface area (Å²) in [6, 6.07) is 10.1. The molecule has 2 aromatic rings. The average molecular weight is 474 g/mol. The quantitative estimate of drug-likeness (QED) is 0.205. The molecule has 174 valence electrons. The third-order valence-electron chi connectivity index (χ3n) is 5.02. The summed E-state index contributed by atoms with van der Waals surface area (Å²) >= 11 is 6.15. The van der Waals surface area contributed by atoms with Crippen LogP contribution in [0.3, 0.4) is 0 Å². The van der Waals surface area contributed by atoms with Crippen LogP contribution in [0.2, 0.25) is 5.02 Å². The molecule has 3 rings (SSSR count). The maximum atomic E-state index is 13.0. The molecule has 1 aliphatic rings. The molecule has 9 heteroatoms. The molecular weight excluding hydrogens is 450 g/mol. The molecule has 1 heterocycles. The number of esters is 1. The zero-order valence-corrected chi connectivity index (χ0v) is 19.2. The Labute approximate surface area is 196 Å². The first-order chi connectivity index (χ1) is 15.8. The van der Waals surface area contributed by atoms with Gasteiger partial charge in [0, 0.05) is 26.1 Å². The van der Waals surface area contributed by atoms with Crippen molar-refractivity contribution in [3.05, 3.63) is 64.2 Å². The van der Waals surface area contributed by atoms with Crippen molar-refractivity contribution >= 4 is 35.0 Å². The van der Waals surface area contributed by atoms with Crippen molar-refractivity contribution in [2.24, 2.45) is 0 Å². The van der Waals surface area contributed by atoms with Crippen molar-refractivity contribution in [1.82, 2.24) is 4.90 Å². The first-order valence-electron chi connectivity index (χ1n) is 10.3. The number of carbonyl (C=O) groups is 3. The summed E-state index contributed by atoms with van der Waals surface area (Å²) in [6.07, 6.45) is 0. The van der Waals surface area contributed by atoms with Crippen molar-refractivity contribution in [3.8, 4) is 11.5 Å². The molecule has 1 unspecified atom stereocenters. The summed E-state index contributed by atoms with van der Waals surface area (Å²) < 4.78 is 15.7. The van der Waals surface area contributed by atoms with E-state index in [-0.39, 0.29) is 35.8 Å². The lowest BCUT2D eigenvalue weighted by Gasteiger charge is -2.25. The number of rotatable bonds is 8. The third-order valence-corrected chi connectivity index (χ3v) is 5.33. The predicted octanol–water partition coefficient (Wildman–Crippen LogP) is 3.73. The number of hydrogen-bond donors (Lipinski definition) is 1. The van der Waals surface area contributed by atoms with Crippen molar-refractivity contribution in [3.63, 3.8) is 0 Å². The van der Waals surface area contributed by atoms with Crippen molar-refractivity contribution in [2.75, 3.05) is 26.9 Å². The van der Waals surface area contributed by atoms with E-state index in [1.165, 1.54) is 31.1 Å². The standard InChI is InChI=1S/C24H24ClNO7/c1-4-32-19-13-16(8-9-18(19)25)22(28)20-21(26(10-11-31-3)24(30)23(20)29)15-6-5-7-17(12-15)33-14(2)27/h5-9,12-13,21,28H,4,10-11H2,1-3H3/b22-20-. The number of aliphatic hydroxyl groups is 1. The minimum Gasteiger partial charge on any atom is -0.507 e. The number of ether oxygens (including phenoxy) is 3. The number of Topliss-reactive ketones (excluding diaryl/α,β-unsaturated/α-hetero) is 1. The first-order valence-corrected chi connectivity index (χ1v) is 10.6. The second-order valence-electron chi connectivity index (χ2n) is 7.23. The number of ketones is 1. The van der Waals surface area contributed by atoms with Crippen LogP contribution in [-0.4, -0.2) is 54.5 Å². The number of benzene rings is 2. The van der Waals surface area contributed by atoms with Gasteiger partial charge in [-0.15, -0.1) is 0 Å². The van der Waals surface area contributed by atoms with Gasteiger partial charge in [-0.25, -0.2) is 0 Å². The molecule has 2 aromatic carbocycles. The monoisotopic (exact) mass is 473 g/mol. The summed E-state index contributed by atoms with van der Waals surface area (Å²) in [7, 11) is 1.48. The third kappa shape index (κ3) is 5.18. The van der Waals surface area contributed by atoms with Crippen molar-refractivity contribution < 1.29 is 33.7 Å². The van der Waals surface area contributed by atoms with E-state index in [1.54, 1.807) is 37.3 Å². The van der Waals surface area contributed by atoms with E-state index in [0.29, 0.717) is 22.9 Å². The largest absolute Gasteiger partial charge is 0.507 e. The molecule has 1 aliphatic heterocycles. The Kier molecular flexibility index (Phi) is 7.73. The molecule has 1 atom stereocenters. The maximum Gasteiger partial charge on any atom is 0.308 e.